The molecular formula is C24H22N2O5S. The number of esters is 1. The van der Waals surface area contributed by atoms with Crippen LogP contribution >= 0.6 is 11.3 Å². The molecule has 1 heterocycles. The van der Waals surface area contributed by atoms with E-state index in [0.717, 1.165) is 5.56 Å². The average Bonchev–Trinajstić information content (AvgIpc) is 3.35. The smallest absolute Gasteiger partial charge is 0.326 e. The quantitative estimate of drug-likeness (QED) is 0.385. The number of ether oxygens (including phenoxy) is 1. The summed E-state index contributed by atoms with van der Waals surface area (Å²) in [5.41, 5.74) is 1.95. The Hall–Kier alpha value is -3.78. The summed E-state index contributed by atoms with van der Waals surface area (Å²) in [6, 6.07) is 19.0. The van der Waals surface area contributed by atoms with E-state index in [1.165, 1.54) is 11.3 Å². The van der Waals surface area contributed by atoms with E-state index in [9.17, 15) is 19.2 Å². The van der Waals surface area contributed by atoms with Gasteiger partial charge in [0.2, 0.25) is 11.7 Å². The van der Waals surface area contributed by atoms with E-state index < -0.39 is 24.5 Å². The van der Waals surface area contributed by atoms with Gasteiger partial charge in [-0.25, -0.2) is 0 Å². The zero-order chi connectivity index (χ0) is 22.9. The highest BCUT2D eigenvalue weighted by Crippen LogP contribution is 2.23. The Morgan fingerprint density at radius 3 is 2.25 bits per heavy atom. The Morgan fingerprint density at radius 2 is 1.59 bits per heavy atom. The third kappa shape index (κ3) is 6.36. The van der Waals surface area contributed by atoms with Crippen molar-refractivity contribution in [1.82, 2.24) is 10.6 Å². The number of Topliss-reactive ketones (excluding diaryl/α,β-unsaturated/α-hetero) is 1. The van der Waals surface area contributed by atoms with Gasteiger partial charge in [0.05, 0.1) is 11.4 Å². The van der Waals surface area contributed by atoms with Crippen LogP contribution in [0.4, 0.5) is 0 Å². The molecular weight excluding hydrogens is 428 g/mol. The third-order valence-corrected chi connectivity index (χ3v) is 5.38. The summed E-state index contributed by atoms with van der Waals surface area (Å²) < 4.78 is 5.43. The maximum absolute atomic E-state index is 13.0. The monoisotopic (exact) mass is 450 g/mol. The van der Waals surface area contributed by atoms with Crippen LogP contribution in [0.3, 0.4) is 0 Å². The van der Waals surface area contributed by atoms with E-state index in [2.05, 4.69) is 10.6 Å². The normalized spacial score (nSPS) is 11.3. The lowest BCUT2D eigenvalue weighted by Crippen LogP contribution is -2.39. The molecule has 2 amide bonds. The van der Waals surface area contributed by atoms with Crippen LogP contribution in [-0.4, -0.2) is 36.7 Å². The lowest BCUT2D eigenvalue weighted by molar-refractivity contribution is -0.147. The fourth-order valence-electron chi connectivity index (χ4n) is 2.83. The molecule has 0 spiro atoms. The van der Waals surface area contributed by atoms with Gasteiger partial charge in [0.15, 0.2) is 6.10 Å². The molecule has 7 nitrogen and oxygen atoms in total. The van der Waals surface area contributed by atoms with Crippen molar-refractivity contribution >= 4 is 34.9 Å². The van der Waals surface area contributed by atoms with Crippen LogP contribution in [-0.2, 0) is 14.3 Å². The predicted molar refractivity (Wildman–Crippen MR) is 120 cm³/mol. The first-order valence-corrected chi connectivity index (χ1v) is 10.8. The first kappa shape index (κ1) is 22.9. The minimum Gasteiger partial charge on any atom is -0.448 e. The van der Waals surface area contributed by atoms with Crippen molar-refractivity contribution in [2.24, 2.45) is 0 Å². The molecule has 0 radical (unpaired) electrons. The summed E-state index contributed by atoms with van der Waals surface area (Å²) in [6.45, 7) is 1.20. The molecule has 3 rings (SSSR count). The van der Waals surface area contributed by atoms with Gasteiger partial charge >= 0.3 is 5.97 Å². The van der Waals surface area contributed by atoms with E-state index in [1.54, 1.807) is 60.0 Å². The first-order valence-electron chi connectivity index (χ1n) is 9.88. The second-order valence-electron chi connectivity index (χ2n) is 6.95. The summed E-state index contributed by atoms with van der Waals surface area (Å²) in [4.78, 5) is 49.7. The second-order valence-corrected chi connectivity index (χ2v) is 7.90. The summed E-state index contributed by atoms with van der Waals surface area (Å²) in [6.07, 6.45) is -1.14. The number of thiophene rings is 1. The maximum Gasteiger partial charge on any atom is 0.326 e. The van der Waals surface area contributed by atoms with E-state index in [0.29, 0.717) is 16.0 Å². The zero-order valence-electron chi connectivity index (χ0n) is 17.4. The largest absolute Gasteiger partial charge is 0.448 e. The van der Waals surface area contributed by atoms with Crippen molar-refractivity contribution in [3.63, 3.8) is 0 Å². The van der Waals surface area contributed by atoms with Gasteiger partial charge in [-0.3, -0.25) is 19.2 Å². The number of benzene rings is 2. The molecule has 32 heavy (non-hydrogen) atoms. The average molecular weight is 451 g/mol. The van der Waals surface area contributed by atoms with Crippen molar-refractivity contribution in [3.8, 4) is 0 Å². The highest BCUT2D eigenvalue weighted by molar-refractivity contribution is 7.12. The molecule has 1 aromatic heterocycles. The minimum absolute atomic E-state index is 0.283. The molecule has 0 saturated heterocycles. The Balaban J connectivity index is 1.57. The molecule has 0 bridgehead atoms. The van der Waals surface area contributed by atoms with Gasteiger partial charge in [0.25, 0.3) is 5.91 Å². The molecule has 2 N–H and O–H groups in total. The van der Waals surface area contributed by atoms with Crippen LogP contribution in [0.1, 0.15) is 37.3 Å². The van der Waals surface area contributed by atoms with E-state index in [4.69, 9.17) is 4.74 Å². The summed E-state index contributed by atoms with van der Waals surface area (Å²) >= 11 is 1.26. The number of rotatable bonds is 9. The third-order valence-electron chi connectivity index (χ3n) is 4.51. The van der Waals surface area contributed by atoms with Gasteiger partial charge in [-0.2, -0.15) is 0 Å². The standard InChI is InChI=1S/C24H22N2O5S/c1-16-9-11-17(12-10-16)22(29)23(18-6-3-2-4-7-18)31-21(28)15-25-20(27)14-26-24(30)19-8-5-13-32-19/h2-13,23H,14-15H2,1H3,(H,25,27)(H,26,30)/t23-/m1/s1. The van der Waals surface area contributed by atoms with Gasteiger partial charge in [-0.1, -0.05) is 66.2 Å². The number of nitrogens with one attached hydrogen (secondary N) is 2. The van der Waals surface area contributed by atoms with Crippen LogP contribution in [0.2, 0.25) is 0 Å². The van der Waals surface area contributed by atoms with E-state index >= 15 is 0 Å². The van der Waals surface area contributed by atoms with Crippen LogP contribution in [0, 0.1) is 6.92 Å². The minimum atomic E-state index is -1.14. The van der Waals surface area contributed by atoms with Crippen molar-refractivity contribution in [2.45, 2.75) is 13.0 Å². The van der Waals surface area contributed by atoms with E-state index in [-0.39, 0.29) is 18.2 Å². The molecule has 164 valence electrons. The molecule has 1 atom stereocenters. The number of ketones is 1. The number of amides is 2. The molecule has 0 fully saturated rings. The number of carbonyl (C=O) groups is 4. The molecule has 8 heteroatoms. The molecule has 0 aliphatic carbocycles. The summed E-state index contributed by atoms with van der Waals surface area (Å²) in [5, 5.41) is 6.62. The summed E-state index contributed by atoms with van der Waals surface area (Å²) in [7, 11) is 0. The van der Waals surface area contributed by atoms with Gasteiger partial charge in [0, 0.05) is 11.1 Å². The number of aryl methyl sites for hydroxylation is 1. The molecule has 3 aromatic rings. The maximum atomic E-state index is 13.0. The van der Waals surface area contributed by atoms with Crippen LogP contribution in [0.25, 0.3) is 0 Å². The molecule has 0 saturated carbocycles. The Morgan fingerprint density at radius 1 is 0.875 bits per heavy atom. The number of hydrogen-bond donors (Lipinski definition) is 2. The second kappa shape index (κ2) is 11.0. The number of hydrogen-bond acceptors (Lipinski definition) is 6. The van der Waals surface area contributed by atoms with E-state index in [1.807, 2.05) is 19.1 Å². The lowest BCUT2D eigenvalue weighted by atomic mass is 9.99. The lowest BCUT2D eigenvalue weighted by Gasteiger charge is -2.18. The predicted octanol–water partition coefficient (Wildman–Crippen LogP) is 3.07. The Labute approximate surface area is 189 Å². The van der Waals surface area contributed by atoms with Gasteiger partial charge in [-0.05, 0) is 18.4 Å². The van der Waals surface area contributed by atoms with Crippen molar-refractivity contribution in [2.75, 3.05) is 13.1 Å². The first-order chi connectivity index (χ1) is 15.4. The highest BCUT2D eigenvalue weighted by atomic mass is 32.1. The Bertz CT molecular complexity index is 1080. The van der Waals surface area contributed by atoms with Crippen molar-refractivity contribution in [1.29, 1.82) is 0 Å². The fourth-order valence-corrected chi connectivity index (χ4v) is 3.47. The van der Waals surface area contributed by atoms with Crippen LogP contribution < -0.4 is 10.6 Å². The van der Waals surface area contributed by atoms with Crippen molar-refractivity contribution in [3.05, 3.63) is 93.7 Å². The van der Waals surface area contributed by atoms with Gasteiger partial charge in [-0.15, -0.1) is 11.3 Å². The topological polar surface area (TPSA) is 102 Å². The van der Waals surface area contributed by atoms with Crippen LogP contribution in [0.15, 0.2) is 72.1 Å². The van der Waals surface area contributed by atoms with Crippen LogP contribution in [0.5, 0.6) is 0 Å². The molecule has 0 aliphatic rings. The van der Waals surface area contributed by atoms with Gasteiger partial charge < -0.3 is 15.4 Å². The number of carbonyl (C=O) groups excluding carboxylic acids is 4. The molecule has 0 aliphatic heterocycles. The highest BCUT2D eigenvalue weighted by Gasteiger charge is 2.26. The van der Waals surface area contributed by atoms with Crippen molar-refractivity contribution < 1.29 is 23.9 Å². The Kier molecular flexibility index (Phi) is 7.88. The fraction of sp³-hybridized carbons (Fsp3) is 0.167. The SMILES string of the molecule is Cc1ccc(C(=O)[C@H](OC(=O)CNC(=O)CNC(=O)c2cccs2)c2ccccc2)cc1. The molecule has 2 aromatic carbocycles. The summed E-state index contributed by atoms with van der Waals surface area (Å²) in [5.74, 6) is -2.05. The zero-order valence-corrected chi connectivity index (χ0v) is 18.2. The van der Waals surface area contributed by atoms with Gasteiger partial charge in [0.1, 0.15) is 6.54 Å². The molecule has 0 unspecified atom stereocenters.